The van der Waals surface area contributed by atoms with Gasteiger partial charge in [-0.25, -0.2) is 0 Å². The van der Waals surface area contributed by atoms with Crippen LogP contribution in [0.5, 0.6) is 0 Å². The maximum absolute atomic E-state index is 10.2. The maximum Gasteiger partial charge on any atom is 0.0830 e. The molecule has 1 N–H and O–H groups in total. The van der Waals surface area contributed by atoms with Crippen LogP contribution in [0, 0.1) is 0 Å². The van der Waals surface area contributed by atoms with Crippen LogP contribution in [0.4, 0.5) is 0 Å². The normalized spacial score (nSPS) is 12.4. The summed E-state index contributed by atoms with van der Waals surface area (Å²) in [5.41, 5.74) is 1.91. The van der Waals surface area contributed by atoms with Gasteiger partial charge in [0.1, 0.15) is 0 Å². The van der Waals surface area contributed by atoms with Crippen molar-refractivity contribution in [2.75, 3.05) is 0 Å². The summed E-state index contributed by atoms with van der Waals surface area (Å²) in [5.74, 6) is 0. The molecular formula is C14H11Br2ClO. The van der Waals surface area contributed by atoms with E-state index in [0.29, 0.717) is 11.4 Å². The molecule has 1 atom stereocenters. The topological polar surface area (TPSA) is 20.2 Å². The molecule has 0 aliphatic rings. The van der Waals surface area contributed by atoms with Gasteiger partial charge in [-0.2, -0.15) is 0 Å². The second-order valence-corrected chi connectivity index (χ2v) is 6.20. The Morgan fingerprint density at radius 2 is 1.72 bits per heavy atom. The van der Waals surface area contributed by atoms with Gasteiger partial charge in [0.15, 0.2) is 0 Å². The van der Waals surface area contributed by atoms with E-state index in [2.05, 4.69) is 31.9 Å². The van der Waals surface area contributed by atoms with Crippen LogP contribution >= 0.6 is 43.5 Å². The first-order valence-electron chi connectivity index (χ1n) is 5.44. The predicted molar refractivity (Wildman–Crippen MR) is 82.0 cm³/mol. The molecule has 2 aromatic carbocycles. The van der Waals surface area contributed by atoms with Crippen molar-refractivity contribution in [2.24, 2.45) is 0 Å². The van der Waals surface area contributed by atoms with E-state index in [1.807, 2.05) is 36.4 Å². The third-order valence-corrected chi connectivity index (χ3v) is 4.43. The summed E-state index contributed by atoms with van der Waals surface area (Å²) < 4.78 is 1.87. The summed E-state index contributed by atoms with van der Waals surface area (Å²) in [6.07, 6.45) is 0.0300. The molecule has 0 fully saturated rings. The Kier molecular flexibility index (Phi) is 4.84. The van der Waals surface area contributed by atoms with Crippen molar-refractivity contribution in [3.8, 4) is 0 Å². The lowest BCUT2D eigenvalue weighted by molar-refractivity contribution is 0.178. The van der Waals surface area contributed by atoms with Crippen molar-refractivity contribution in [1.29, 1.82) is 0 Å². The average Bonchev–Trinajstić information content (AvgIpc) is 2.35. The zero-order chi connectivity index (χ0) is 13.1. The molecule has 94 valence electrons. The summed E-state index contributed by atoms with van der Waals surface area (Å²) in [6.45, 7) is 0. The third kappa shape index (κ3) is 3.58. The first-order valence-corrected chi connectivity index (χ1v) is 7.40. The van der Waals surface area contributed by atoms with Crippen molar-refractivity contribution in [2.45, 2.75) is 12.5 Å². The number of benzene rings is 2. The van der Waals surface area contributed by atoms with Crippen LogP contribution in [0.3, 0.4) is 0 Å². The number of rotatable bonds is 3. The molecule has 2 rings (SSSR count). The summed E-state index contributed by atoms with van der Waals surface area (Å²) in [5, 5.41) is 10.8. The highest BCUT2D eigenvalue weighted by atomic mass is 79.9. The van der Waals surface area contributed by atoms with Gasteiger partial charge < -0.3 is 5.11 Å². The molecule has 4 heteroatoms. The highest BCUT2D eigenvalue weighted by Crippen LogP contribution is 2.27. The Bertz CT molecular complexity index is 540. The molecule has 2 aromatic rings. The second kappa shape index (κ2) is 6.20. The van der Waals surface area contributed by atoms with E-state index in [0.717, 1.165) is 20.1 Å². The second-order valence-electron chi connectivity index (χ2n) is 4.02. The zero-order valence-electron chi connectivity index (χ0n) is 9.41. The molecule has 0 saturated heterocycles. The maximum atomic E-state index is 10.2. The van der Waals surface area contributed by atoms with Crippen LogP contribution in [0.25, 0.3) is 0 Å². The molecule has 18 heavy (non-hydrogen) atoms. The van der Waals surface area contributed by atoms with Crippen LogP contribution in [0.15, 0.2) is 51.4 Å². The molecule has 0 amide bonds. The lowest BCUT2D eigenvalue weighted by atomic mass is 10.0. The lowest BCUT2D eigenvalue weighted by Gasteiger charge is -2.12. The van der Waals surface area contributed by atoms with Crippen molar-refractivity contribution < 1.29 is 5.11 Å². The van der Waals surface area contributed by atoms with Gasteiger partial charge in [0.2, 0.25) is 0 Å². The molecule has 0 saturated carbocycles. The van der Waals surface area contributed by atoms with E-state index in [1.54, 1.807) is 6.07 Å². The van der Waals surface area contributed by atoms with Gasteiger partial charge in [-0.1, -0.05) is 45.7 Å². The van der Waals surface area contributed by atoms with Crippen molar-refractivity contribution in [3.05, 3.63) is 67.6 Å². The predicted octanol–water partition coefficient (Wildman–Crippen LogP) is 5.14. The van der Waals surface area contributed by atoms with Crippen LogP contribution in [-0.4, -0.2) is 5.11 Å². The Balaban J connectivity index is 2.13. The third-order valence-electron chi connectivity index (χ3n) is 2.67. The molecule has 0 aromatic heterocycles. The molecule has 1 unspecified atom stereocenters. The number of hydrogen-bond donors (Lipinski definition) is 1. The number of hydrogen-bond acceptors (Lipinski definition) is 1. The minimum Gasteiger partial charge on any atom is -0.388 e. The quantitative estimate of drug-likeness (QED) is 0.769. The van der Waals surface area contributed by atoms with Crippen LogP contribution in [0.2, 0.25) is 5.02 Å². The summed E-state index contributed by atoms with van der Waals surface area (Å²) in [6, 6.07) is 13.4. The highest BCUT2D eigenvalue weighted by Gasteiger charge is 2.10. The minimum absolute atomic E-state index is 0.545. The number of aliphatic hydroxyl groups is 1. The molecule has 1 nitrogen and oxygen atoms in total. The Morgan fingerprint density at radius 1 is 1.06 bits per heavy atom. The Morgan fingerprint density at radius 3 is 2.33 bits per heavy atom. The van der Waals surface area contributed by atoms with E-state index in [4.69, 9.17) is 11.6 Å². The molecular weight excluding hydrogens is 379 g/mol. The molecule has 0 aliphatic carbocycles. The van der Waals surface area contributed by atoms with Crippen molar-refractivity contribution in [3.63, 3.8) is 0 Å². The van der Waals surface area contributed by atoms with Gasteiger partial charge in [-0.3, -0.25) is 0 Å². The van der Waals surface area contributed by atoms with Gasteiger partial charge >= 0.3 is 0 Å². The first kappa shape index (κ1) is 14.1. The monoisotopic (exact) mass is 388 g/mol. The van der Waals surface area contributed by atoms with Crippen molar-refractivity contribution >= 4 is 43.5 Å². The van der Waals surface area contributed by atoms with Crippen molar-refractivity contribution in [1.82, 2.24) is 0 Å². The molecule has 0 aliphatic heterocycles. The van der Waals surface area contributed by atoms with Gasteiger partial charge in [0.05, 0.1) is 11.1 Å². The van der Waals surface area contributed by atoms with E-state index >= 15 is 0 Å². The largest absolute Gasteiger partial charge is 0.388 e. The van der Waals surface area contributed by atoms with E-state index in [-0.39, 0.29) is 0 Å². The standard InChI is InChI=1S/C14H11Br2ClO/c15-11-4-1-9(2-5-11)7-14(18)10-3-6-12(16)13(17)8-10/h1-6,8,14,18H,7H2. The molecule has 0 heterocycles. The molecule has 0 bridgehead atoms. The highest BCUT2D eigenvalue weighted by molar-refractivity contribution is 9.10. The van der Waals surface area contributed by atoms with Gasteiger partial charge in [0, 0.05) is 15.4 Å². The summed E-state index contributed by atoms with van der Waals surface area (Å²) in [4.78, 5) is 0. The fourth-order valence-corrected chi connectivity index (χ4v) is 2.38. The van der Waals surface area contributed by atoms with Crippen LogP contribution in [0.1, 0.15) is 17.2 Å². The fraction of sp³-hybridized carbons (Fsp3) is 0.143. The Hall–Kier alpha value is -0.350. The Labute approximate surface area is 128 Å². The minimum atomic E-state index is -0.545. The fourth-order valence-electron chi connectivity index (χ4n) is 1.68. The molecule has 0 radical (unpaired) electrons. The lowest BCUT2D eigenvalue weighted by Crippen LogP contribution is -2.01. The van der Waals surface area contributed by atoms with Crippen LogP contribution < -0.4 is 0 Å². The average molecular weight is 391 g/mol. The summed E-state index contributed by atoms with van der Waals surface area (Å²) in [7, 11) is 0. The van der Waals surface area contributed by atoms with Gasteiger partial charge in [0.25, 0.3) is 0 Å². The zero-order valence-corrected chi connectivity index (χ0v) is 13.3. The SMILES string of the molecule is OC(Cc1ccc(Br)cc1)c1ccc(Br)c(Cl)c1. The van der Waals surface area contributed by atoms with Crippen LogP contribution in [-0.2, 0) is 6.42 Å². The smallest absolute Gasteiger partial charge is 0.0830 e. The van der Waals surface area contributed by atoms with E-state index in [9.17, 15) is 5.11 Å². The van der Waals surface area contributed by atoms with Gasteiger partial charge in [-0.15, -0.1) is 0 Å². The summed E-state index contributed by atoms with van der Waals surface area (Å²) >= 11 is 12.7. The number of halogens is 3. The van der Waals surface area contributed by atoms with Gasteiger partial charge in [-0.05, 0) is 51.3 Å². The van der Waals surface area contributed by atoms with E-state index < -0.39 is 6.10 Å². The number of aliphatic hydroxyl groups excluding tert-OH is 1. The molecule has 0 spiro atoms. The first-order chi connectivity index (χ1) is 8.56. The van der Waals surface area contributed by atoms with E-state index in [1.165, 1.54) is 0 Å².